The predicted octanol–water partition coefficient (Wildman–Crippen LogP) is -3.89. The molecule has 450 valence electrons. The molecule has 0 bridgehead atoms. The Kier molecular flexibility index (Phi) is 31.4. The number of fused-ring (bicyclic) bond motifs is 3. The van der Waals surface area contributed by atoms with Crippen LogP contribution in [-0.4, -0.2) is 209 Å². The second-order valence-corrected chi connectivity index (χ2v) is 23.0. The van der Waals surface area contributed by atoms with Gasteiger partial charge in [0.15, 0.2) is 22.5 Å². The maximum Gasteiger partial charge on any atom is 1.00 e. The first-order chi connectivity index (χ1) is 38.7. The molecule has 0 aromatic heterocycles. The minimum Gasteiger partial charge on any atom is -1.00 e. The zero-order valence-electron chi connectivity index (χ0n) is 47.9. The first-order valence-corrected chi connectivity index (χ1v) is 28.8. The molecule has 6 saturated heterocycles. The second-order valence-electron chi connectivity index (χ2n) is 19.3. The van der Waals surface area contributed by atoms with Gasteiger partial charge in [-0.1, -0.05) is 54.6 Å². The fraction of sp³-hybridized carbons (Fsp3) is 0.518. The van der Waals surface area contributed by atoms with E-state index in [2.05, 4.69) is 87.7 Å². The standard InChI is InChI=1S/C24H24O2P.C10H15NO4.C10H13NO4.C8H15NO2.C4H5NO3.Al.BF3.FH.Li.4H/c1-2-26-23(25)24(18-19-24)27(20-12-6-3-7-13-20,21-14-8-4-9-15-21)22-16-10-5-11-17-22;2*1-2-15-10(13)7-3-4-11-8(7)5-14-6-9(11)12;10-5-7-1-2-9-3-4-11-6-8(7)9;6-3-1-8-2-4(7)5-3;;2-1(3)4;;;;;;/h3-17H,2,18-19H2,1H3;7-8H,2-6H2,1H3;2-6H2,1H3;7-8,10H,1-6H2;1-2H2,(H,5,6,7);;;1H;;;;;/q+1;;;;;;;;+1;;;;-1/p-1/t;7-,8-;;7-,8+;;;;;;;;;/m.1.0........./s1. The molecule has 83 heavy (non-hydrogen) atoms. The van der Waals surface area contributed by atoms with E-state index in [0.717, 1.165) is 45.6 Å². The molecule has 3 aromatic carbocycles. The third kappa shape index (κ3) is 18.7. The van der Waals surface area contributed by atoms with Crippen LogP contribution < -0.4 is 44.8 Å². The third-order valence-electron chi connectivity index (χ3n) is 14.6. The van der Waals surface area contributed by atoms with Crippen LogP contribution in [0.4, 0.5) is 12.9 Å². The predicted molar refractivity (Wildman–Crippen MR) is 301 cm³/mol. The number of nitrogens with zero attached hydrogens (tertiary/aromatic N) is 3. The van der Waals surface area contributed by atoms with Crippen LogP contribution in [0.1, 0.15) is 54.3 Å². The van der Waals surface area contributed by atoms with Gasteiger partial charge in [-0.15, -0.1) is 0 Å². The number of carbonyl (C=O) groups is 7. The number of amides is 4. The minimum atomic E-state index is -3.67. The van der Waals surface area contributed by atoms with E-state index in [4.69, 9.17) is 33.5 Å². The van der Waals surface area contributed by atoms with Gasteiger partial charge in [0, 0.05) is 51.0 Å². The number of esters is 3. The Bertz CT molecular complexity index is 2480. The van der Waals surface area contributed by atoms with Crippen LogP contribution in [0.5, 0.6) is 0 Å². The number of ether oxygens (including phenoxy) is 7. The number of halogens is 4. The summed E-state index contributed by atoms with van der Waals surface area (Å²) in [6, 6.07) is 32.1. The molecule has 1 aliphatic carbocycles. The van der Waals surface area contributed by atoms with E-state index >= 15 is 0 Å². The smallest absolute Gasteiger partial charge is 1.00 e. The first-order valence-electron chi connectivity index (χ1n) is 27.0. The number of hydrogen-bond donors (Lipinski definition) is 2. The number of imide groups is 1. The quantitative estimate of drug-likeness (QED) is 0.0468. The van der Waals surface area contributed by atoms with Crippen molar-refractivity contribution in [1.29, 1.82) is 0 Å². The molecule has 8 aliphatic rings. The van der Waals surface area contributed by atoms with Crippen LogP contribution in [0.15, 0.2) is 102 Å². The Balaban J connectivity index is 0.000000368. The van der Waals surface area contributed by atoms with Gasteiger partial charge in [-0.2, -0.15) is 0 Å². The van der Waals surface area contributed by atoms with Crippen molar-refractivity contribution in [1.82, 2.24) is 20.0 Å². The van der Waals surface area contributed by atoms with Crippen molar-refractivity contribution in [2.75, 3.05) is 105 Å². The molecule has 0 spiro atoms. The summed E-state index contributed by atoms with van der Waals surface area (Å²) in [7, 11) is -5.87. The van der Waals surface area contributed by atoms with Gasteiger partial charge in [0.1, 0.15) is 49.6 Å². The van der Waals surface area contributed by atoms with E-state index < -0.39 is 20.0 Å². The van der Waals surface area contributed by atoms with Gasteiger partial charge in [-0.3, -0.25) is 47.1 Å². The van der Waals surface area contributed by atoms with Gasteiger partial charge < -0.3 is 54.2 Å². The van der Waals surface area contributed by atoms with E-state index in [0.29, 0.717) is 88.8 Å². The number of carbonyl (C=O) groups excluding carboxylic acids is 7. The largest absolute Gasteiger partial charge is 1.00 e. The van der Waals surface area contributed by atoms with Crippen molar-refractivity contribution in [3.8, 4) is 0 Å². The third-order valence-corrected chi connectivity index (χ3v) is 19.7. The molecule has 0 unspecified atom stereocenters. The van der Waals surface area contributed by atoms with E-state index in [9.17, 15) is 46.5 Å². The van der Waals surface area contributed by atoms with E-state index in [1.807, 2.05) is 25.1 Å². The first kappa shape index (κ1) is 72.3. The average Bonchev–Trinajstić information content (AvgIpc) is 2.02. The maximum absolute atomic E-state index is 13.3. The van der Waals surface area contributed by atoms with Crippen molar-refractivity contribution in [2.24, 2.45) is 11.8 Å². The number of benzene rings is 3. The molecule has 1 saturated carbocycles. The van der Waals surface area contributed by atoms with Crippen molar-refractivity contribution < 1.29 is 110 Å². The van der Waals surface area contributed by atoms with Crippen LogP contribution in [0.2, 0.25) is 0 Å². The summed E-state index contributed by atoms with van der Waals surface area (Å²) in [6.45, 7) is 13.1. The monoisotopic (exact) mass is 1200 g/mol. The number of morpholine rings is 4. The van der Waals surface area contributed by atoms with Gasteiger partial charge in [-0.25, -0.2) is 9.59 Å². The topological polar surface area (TPSA) is 226 Å². The van der Waals surface area contributed by atoms with Crippen molar-refractivity contribution in [2.45, 2.75) is 70.1 Å². The molecule has 4 amide bonds. The molecule has 27 heteroatoms. The summed E-state index contributed by atoms with van der Waals surface area (Å²) in [4.78, 5) is 85.5. The number of aliphatic hydroxyl groups excluding tert-OH is 1. The van der Waals surface area contributed by atoms with Crippen molar-refractivity contribution in [3.05, 3.63) is 102 Å². The van der Waals surface area contributed by atoms with Gasteiger partial charge in [0.25, 0.3) is 17.7 Å². The Morgan fingerprint density at radius 2 is 1.20 bits per heavy atom. The van der Waals surface area contributed by atoms with Crippen LogP contribution >= 0.6 is 7.26 Å². The fourth-order valence-electron chi connectivity index (χ4n) is 10.9. The minimum absolute atomic E-state index is 0. The van der Waals surface area contributed by atoms with Gasteiger partial charge >= 0.3 is 44.3 Å². The van der Waals surface area contributed by atoms with Crippen molar-refractivity contribution >= 4 is 89.6 Å². The molecular weight excluding hydrogens is 1120 g/mol. The molecule has 7 heterocycles. The average molecular weight is 1200 g/mol. The summed E-state index contributed by atoms with van der Waals surface area (Å²) in [5, 5.41) is 14.4. The molecule has 19 nitrogen and oxygen atoms in total. The van der Waals surface area contributed by atoms with Crippen LogP contribution in [0, 0.1) is 11.8 Å². The molecule has 11 rings (SSSR count). The summed E-state index contributed by atoms with van der Waals surface area (Å²) >= 11 is 0. The summed E-state index contributed by atoms with van der Waals surface area (Å²) in [5.41, 5.74) is 1.27. The number of hydrogen-bond acceptors (Lipinski definition) is 16. The molecule has 7 aliphatic heterocycles. The summed E-state index contributed by atoms with van der Waals surface area (Å²) in [5.74, 6) is -1.12. The SMILES string of the molecule is CCOC(=O)C1([P+](c2ccccc2)(c2ccccc2)c2ccccc2)CC1.CCOC(=O)C1=C2COCC(=O)N2CC1.CCOC(=O)[C@@H]1CCN2C(=O)COC[C@H]12.FB(F)F.O=C1COCC(=O)N1.OC[C@@H]1CCN2CCOC[C@H]12.[AlH3].[F-].[H-].[Li+]. The van der Waals surface area contributed by atoms with E-state index in [-0.39, 0.29) is 122 Å². The number of rotatable bonds is 11. The molecular formula is C56H76AlBF4LiN4O15P. The Hall–Kier alpha value is -5.01. The zero-order valence-corrected chi connectivity index (χ0v) is 47.8. The molecule has 0 radical (unpaired) electrons. The Morgan fingerprint density at radius 3 is 1.70 bits per heavy atom. The second kappa shape index (κ2) is 36.1. The maximum atomic E-state index is 13.3. The molecule has 7 fully saturated rings. The number of nitrogens with one attached hydrogen (secondary N) is 1. The van der Waals surface area contributed by atoms with Crippen LogP contribution in [-0.2, 0) is 66.7 Å². The van der Waals surface area contributed by atoms with E-state index in [1.54, 1.807) is 23.6 Å². The Labute approximate surface area is 506 Å². The van der Waals surface area contributed by atoms with Gasteiger partial charge in [0.2, 0.25) is 5.91 Å². The van der Waals surface area contributed by atoms with Crippen LogP contribution in [0.25, 0.3) is 0 Å². The zero-order chi connectivity index (χ0) is 57.7. The molecule has 4 atom stereocenters. The van der Waals surface area contributed by atoms with E-state index in [1.165, 1.54) is 15.9 Å². The normalized spacial score (nSPS) is 21.6. The molecule has 3 aromatic rings. The number of aliphatic hydroxyl groups is 1. The molecule has 2 N–H and O–H groups in total. The fourth-order valence-corrected chi connectivity index (χ4v) is 16.2. The summed E-state index contributed by atoms with van der Waals surface area (Å²) < 4.78 is 64.7. The van der Waals surface area contributed by atoms with Crippen molar-refractivity contribution in [3.63, 3.8) is 0 Å². The van der Waals surface area contributed by atoms with Gasteiger partial charge in [-0.05, 0) is 83.0 Å². The van der Waals surface area contributed by atoms with Gasteiger partial charge in [0.05, 0.1) is 69.5 Å². The summed E-state index contributed by atoms with van der Waals surface area (Å²) in [6.07, 6.45) is 4.16. The van der Waals surface area contributed by atoms with Crippen LogP contribution in [0.3, 0.4) is 0 Å². The Morgan fingerprint density at radius 1 is 0.687 bits per heavy atom.